The molecular formula is C56H91N19O12. The number of carboxylic acids is 1. The Labute approximate surface area is 506 Å². The number of phenolic OH excluding ortho intramolecular Hbond substituents is 1. The second-order valence-corrected chi connectivity index (χ2v) is 23.0. The first-order valence-corrected chi connectivity index (χ1v) is 29.9. The molecule has 0 spiro atoms. The van der Waals surface area contributed by atoms with Crippen molar-refractivity contribution in [1.82, 2.24) is 46.2 Å². The van der Waals surface area contributed by atoms with Crippen LogP contribution < -0.4 is 66.7 Å². The summed E-state index contributed by atoms with van der Waals surface area (Å²) in [6.45, 7) is 6.13. The van der Waals surface area contributed by atoms with E-state index in [2.05, 4.69) is 41.6 Å². The zero-order valence-electron chi connectivity index (χ0n) is 50.1. The Bertz CT molecular complexity index is 2680. The number of aliphatic carboxylic acids is 1. The maximum atomic E-state index is 14.8. The van der Waals surface area contributed by atoms with Gasteiger partial charge in [0, 0.05) is 52.2 Å². The Balaban J connectivity index is 1.29. The predicted octanol–water partition coefficient (Wildman–Crippen LogP) is -4.04. The minimum absolute atomic E-state index is 0.0275. The molecule has 5 rings (SSSR count). The van der Waals surface area contributed by atoms with Crippen LogP contribution in [0.1, 0.15) is 123 Å². The fraction of sp³-hybridized carbons (Fsp3) is 0.661. The lowest BCUT2D eigenvalue weighted by Crippen LogP contribution is -2.60. The highest BCUT2D eigenvalue weighted by molar-refractivity contribution is 5.99. The molecule has 4 fully saturated rings. The molecule has 87 heavy (non-hydrogen) atoms. The number of amides is 9. The van der Waals surface area contributed by atoms with Gasteiger partial charge in [0.05, 0.1) is 6.04 Å². The van der Waals surface area contributed by atoms with Crippen molar-refractivity contribution in [2.75, 3.05) is 45.8 Å². The summed E-state index contributed by atoms with van der Waals surface area (Å²) in [5.41, 5.74) is 39.7. The maximum Gasteiger partial charge on any atom is 0.325 e. The van der Waals surface area contributed by atoms with E-state index in [1.54, 1.807) is 12.1 Å². The summed E-state index contributed by atoms with van der Waals surface area (Å²) in [5.74, 6) is -7.37. The van der Waals surface area contributed by atoms with Gasteiger partial charge >= 0.3 is 5.97 Å². The number of nitrogens with zero attached hydrogens (tertiary/aromatic N) is 7. The second-order valence-electron chi connectivity index (χ2n) is 23.0. The highest BCUT2D eigenvalue weighted by atomic mass is 16.4. The van der Waals surface area contributed by atoms with Crippen LogP contribution in [0.5, 0.6) is 5.75 Å². The molecule has 9 amide bonds. The third-order valence-electron chi connectivity index (χ3n) is 15.8. The highest BCUT2D eigenvalue weighted by Gasteiger charge is 2.48. The Morgan fingerprint density at radius 1 is 0.517 bits per heavy atom. The lowest BCUT2D eigenvalue weighted by atomic mass is 10.00. The zero-order valence-corrected chi connectivity index (χ0v) is 50.1. The molecule has 31 nitrogen and oxygen atoms in total. The number of hydrogen-bond acceptors (Lipinski definition) is 15. The van der Waals surface area contributed by atoms with Crippen molar-refractivity contribution in [2.24, 2.45) is 61.0 Å². The first-order chi connectivity index (χ1) is 41.3. The Kier molecular flexibility index (Phi) is 26.6. The summed E-state index contributed by atoms with van der Waals surface area (Å²) in [6.07, 6.45) is 4.03. The number of hydrogen-bond donors (Lipinski definition) is 14. The van der Waals surface area contributed by atoms with Gasteiger partial charge in [-0.15, -0.1) is 0 Å². The van der Waals surface area contributed by atoms with Crippen molar-refractivity contribution in [2.45, 2.75) is 184 Å². The van der Waals surface area contributed by atoms with E-state index in [-0.39, 0.29) is 146 Å². The number of guanidine groups is 3. The average molecular weight is 1220 g/mol. The summed E-state index contributed by atoms with van der Waals surface area (Å²) < 4.78 is 0. The maximum absolute atomic E-state index is 14.8. The molecule has 21 N–H and O–H groups in total. The molecule has 0 saturated carbocycles. The normalized spacial score (nSPS) is 20.2. The third kappa shape index (κ3) is 20.6. The minimum atomic E-state index is -1.30. The molecule has 4 aliphatic rings. The lowest BCUT2D eigenvalue weighted by Gasteiger charge is -2.36. The van der Waals surface area contributed by atoms with E-state index in [1.807, 2.05) is 13.8 Å². The lowest BCUT2D eigenvalue weighted by molar-refractivity contribution is -0.153. The van der Waals surface area contributed by atoms with Crippen LogP contribution in [-0.2, 0) is 54.4 Å². The van der Waals surface area contributed by atoms with Gasteiger partial charge in [-0.05, 0) is 127 Å². The Hall–Kier alpha value is -8.51. The number of aromatic hydroxyl groups is 1. The van der Waals surface area contributed by atoms with Crippen molar-refractivity contribution in [3.63, 3.8) is 0 Å². The van der Waals surface area contributed by atoms with Crippen LogP contribution in [0, 0.1) is 5.92 Å². The summed E-state index contributed by atoms with van der Waals surface area (Å²) in [4.78, 5) is 158. The van der Waals surface area contributed by atoms with E-state index in [1.165, 1.54) is 38.7 Å². The number of carbonyl (C=O) groups excluding carboxylic acids is 9. The Morgan fingerprint density at radius 3 is 1.40 bits per heavy atom. The molecule has 31 heteroatoms. The predicted molar refractivity (Wildman–Crippen MR) is 321 cm³/mol. The van der Waals surface area contributed by atoms with Crippen molar-refractivity contribution in [1.29, 1.82) is 0 Å². The first-order valence-electron chi connectivity index (χ1n) is 29.9. The standard InChI is InChI=1S/C56H91N19O12/c1-31(2)29-38(47(80)70-39(46(79)67-32(3)53(86)87)30-33-18-20-34(76)21-19-33)71-48(81)40-14-7-25-72(40)50(83)42-16-9-27-74(42)52(85)43-17-10-28-75(43)51(84)41-15-8-26-73(41)49(82)37(13-6-24-66-56(62)63)69-45(78)36(12-5-23-65-55(60)61)68-44(77)35(57)11-4-22-64-54(58)59/h18-21,31-32,35-43,76H,4-17,22-30,57H2,1-3H3,(H,67,79)(H,68,77)(H,69,78)(H,70,80)(H,71,81)(H,86,87)(H4,58,59,64)(H4,60,61,65)(H4,62,63,66)/t32-,35-,36-,37-,38-,39-,40-,41-,42-,43-/m0/s1. The molecule has 10 atom stereocenters. The van der Waals surface area contributed by atoms with E-state index < -0.39 is 120 Å². The van der Waals surface area contributed by atoms with Crippen LogP contribution >= 0.6 is 0 Å². The molecule has 1 aromatic rings. The summed E-state index contributed by atoms with van der Waals surface area (Å²) in [5, 5.41) is 32.7. The van der Waals surface area contributed by atoms with Gasteiger partial charge in [-0.1, -0.05) is 26.0 Å². The third-order valence-corrected chi connectivity index (χ3v) is 15.8. The largest absolute Gasteiger partial charge is 0.508 e. The summed E-state index contributed by atoms with van der Waals surface area (Å²) >= 11 is 0. The number of phenols is 1. The number of rotatable bonds is 31. The number of aliphatic imine (C=N–C) groups is 3. The number of nitrogens with one attached hydrogen (secondary N) is 5. The number of carboxylic acid groups (broad SMARTS) is 1. The van der Waals surface area contributed by atoms with E-state index in [0.29, 0.717) is 37.7 Å². The van der Waals surface area contributed by atoms with Gasteiger partial charge < -0.3 is 96.5 Å². The van der Waals surface area contributed by atoms with Gasteiger partial charge in [-0.25, -0.2) is 0 Å². The quantitative estimate of drug-likeness (QED) is 0.0191. The zero-order chi connectivity index (χ0) is 64.1. The second kappa shape index (κ2) is 33.4. The summed E-state index contributed by atoms with van der Waals surface area (Å²) in [6, 6.07) is -5.28. The van der Waals surface area contributed by atoms with Gasteiger partial charge in [-0.2, -0.15) is 0 Å². The fourth-order valence-corrected chi connectivity index (χ4v) is 11.4. The molecular weight excluding hydrogens is 1130 g/mol. The molecule has 482 valence electrons. The van der Waals surface area contributed by atoms with E-state index in [0.717, 1.165) is 0 Å². The van der Waals surface area contributed by atoms with Gasteiger partial charge in [0.1, 0.15) is 60.1 Å². The molecule has 0 radical (unpaired) electrons. The van der Waals surface area contributed by atoms with E-state index in [9.17, 15) is 58.2 Å². The monoisotopic (exact) mass is 1220 g/mol. The topological polar surface area (TPSA) is 503 Å². The van der Waals surface area contributed by atoms with Crippen LogP contribution in [0.25, 0.3) is 0 Å². The molecule has 4 aliphatic heterocycles. The molecule has 0 bridgehead atoms. The average Bonchev–Trinajstić information content (AvgIpc) is 1.82. The summed E-state index contributed by atoms with van der Waals surface area (Å²) in [7, 11) is 0. The van der Waals surface area contributed by atoms with Crippen LogP contribution in [0.2, 0.25) is 0 Å². The van der Waals surface area contributed by atoms with Crippen molar-refractivity contribution in [3.05, 3.63) is 29.8 Å². The number of likely N-dealkylation sites (tertiary alicyclic amines) is 4. The Morgan fingerprint density at radius 2 is 0.920 bits per heavy atom. The molecule has 0 unspecified atom stereocenters. The van der Waals surface area contributed by atoms with Crippen molar-refractivity contribution >= 4 is 77.0 Å². The molecule has 1 aromatic carbocycles. The van der Waals surface area contributed by atoms with Crippen molar-refractivity contribution < 1.29 is 58.2 Å². The number of benzene rings is 1. The van der Waals surface area contributed by atoms with Gasteiger partial charge in [-0.3, -0.25) is 62.9 Å². The minimum Gasteiger partial charge on any atom is -0.508 e. The number of carbonyl (C=O) groups is 10. The van der Waals surface area contributed by atoms with Gasteiger partial charge in [0.25, 0.3) is 0 Å². The van der Waals surface area contributed by atoms with Gasteiger partial charge in [0.15, 0.2) is 17.9 Å². The van der Waals surface area contributed by atoms with Crippen LogP contribution in [0.15, 0.2) is 39.2 Å². The fourth-order valence-electron chi connectivity index (χ4n) is 11.4. The smallest absolute Gasteiger partial charge is 0.325 e. The van der Waals surface area contributed by atoms with Crippen LogP contribution in [0.4, 0.5) is 0 Å². The van der Waals surface area contributed by atoms with Crippen LogP contribution in [0.3, 0.4) is 0 Å². The van der Waals surface area contributed by atoms with E-state index in [4.69, 9.17) is 40.1 Å². The number of nitrogens with two attached hydrogens (primary N) is 7. The molecule has 0 aromatic heterocycles. The molecule has 4 saturated heterocycles. The molecule has 4 heterocycles. The first kappa shape index (κ1) is 69.3. The molecule has 0 aliphatic carbocycles. The highest BCUT2D eigenvalue weighted by Crippen LogP contribution is 2.31. The van der Waals surface area contributed by atoms with E-state index >= 15 is 0 Å². The van der Waals surface area contributed by atoms with Crippen molar-refractivity contribution in [3.8, 4) is 5.75 Å². The van der Waals surface area contributed by atoms with Gasteiger partial charge in [0.2, 0.25) is 53.2 Å². The van der Waals surface area contributed by atoms with Crippen LogP contribution in [-0.4, -0.2) is 213 Å². The SMILES string of the molecule is CC(C)C[C@H](NC(=O)[C@@H]1CCCN1C(=O)[C@@H]1CCCN1C(=O)[C@@H]1CCCN1C(=O)[C@@H]1CCCN1C(=O)[C@H](CCCN=C(N)N)NC(=O)[C@H](CCCN=C(N)N)NC(=O)[C@@H](N)CCCN=C(N)N)C(=O)N[C@@H](Cc1ccc(O)cc1)C(=O)N[C@@H](C)C(=O)O.